The fourth-order valence-electron chi connectivity index (χ4n) is 1.62. The van der Waals surface area contributed by atoms with E-state index in [0.717, 1.165) is 0 Å². The number of aliphatic hydroxyl groups is 1. The monoisotopic (exact) mass is 277 g/mol. The summed E-state index contributed by atoms with van der Waals surface area (Å²) in [6, 6.07) is 5.04. The Morgan fingerprint density at radius 3 is 2.75 bits per heavy atom. The Balaban J connectivity index is 2.98. The van der Waals surface area contributed by atoms with Crippen molar-refractivity contribution in [2.45, 2.75) is 0 Å². The van der Waals surface area contributed by atoms with Crippen molar-refractivity contribution >= 4 is 5.91 Å². The van der Waals surface area contributed by atoms with Gasteiger partial charge in [-0.15, -0.1) is 0 Å². The van der Waals surface area contributed by atoms with Gasteiger partial charge < -0.3 is 19.5 Å². The molecule has 1 aromatic carbocycles. The highest BCUT2D eigenvalue weighted by molar-refractivity contribution is 5.94. The molecule has 1 aromatic rings. The number of aliphatic hydroxyl groups excluding tert-OH is 1. The van der Waals surface area contributed by atoms with Crippen molar-refractivity contribution in [2.75, 3.05) is 41.0 Å². The number of hydrogen-bond acceptors (Lipinski definition) is 4. The molecular weight excluding hydrogens is 258 g/mol. The predicted octanol–water partition coefficient (Wildman–Crippen LogP) is 0.757. The molecule has 0 aromatic heterocycles. The van der Waals surface area contributed by atoms with E-state index in [0.29, 0.717) is 30.0 Å². The van der Waals surface area contributed by atoms with E-state index in [2.05, 4.69) is 11.8 Å². The third kappa shape index (κ3) is 4.26. The second-order valence-electron chi connectivity index (χ2n) is 4.09. The van der Waals surface area contributed by atoms with Crippen LogP contribution in [0.1, 0.15) is 15.9 Å². The first-order chi connectivity index (χ1) is 9.63. The van der Waals surface area contributed by atoms with Crippen molar-refractivity contribution in [2.24, 2.45) is 0 Å². The molecule has 0 unspecified atom stereocenters. The minimum Gasteiger partial charge on any atom is -0.495 e. The van der Waals surface area contributed by atoms with Gasteiger partial charge in [-0.05, 0) is 18.2 Å². The van der Waals surface area contributed by atoms with Crippen molar-refractivity contribution in [1.82, 2.24) is 4.90 Å². The molecule has 0 saturated heterocycles. The molecule has 0 fully saturated rings. The summed E-state index contributed by atoms with van der Waals surface area (Å²) >= 11 is 0. The maximum atomic E-state index is 12.2. The molecule has 0 spiro atoms. The summed E-state index contributed by atoms with van der Waals surface area (Å²) in [5, 5.41) is 8.75. The Morgan fingerprint density at radius 1 is 1.40 bits per heavy atom. The van der Waals surface area contributed by atoms with Gasteiger partial charge in [0.2, 0.25) is 0 Å². The summed E-state index contributed by atoms with van der Waals surface area (Å²) in [5.74, 6) is 5.78. The highest BCUT2D eigenvalue weighted by atomic mass is 16.5. The molecule has 0 aliphatic rings. The van der Waals surface area contributed by atoms with E-state index in [-0.39, 0.29) is 12.5 Å². The number of nitrogens with zero attached hydrogens (tertiary/aromatic N) is 1. The third-order valence-corrected chi connectivity index (χ3v) is 2.73. The quantitative estimate of drug-likeness (QED) is 0.807. The van der Waals surface area contributed by atoms with Crippen molar-refractivity contribution in [1.29, 1.82) is 0 Å². The number of hydrogen-bond donors (Lipinski definition) is 1. The zero-order valence-corrected chi connectivity index (χ0v) is 12.0. The molecule has 0 atom stereocenters. The SMILES string of the molecule is COCCN(C)C(=O)c1ccc(OC)c(C#CCO)c1. The van der Waals surface area contributed by atoms with Crippen LogP contribution >= 0.6 is 0 Å². The first kappa shape index (κ1) is 16.0. The average molecular weight is 277 g/mol. The van der Waals surface area contributed by atoms with E-state index in [1.807, 2.05) is 0 Å². The van der Waals surface area contributed by atoms with E-state index in [9.17, 15) is 4.79 Å². The van der Waals surface area contributed by atoms with Crippen LogP contribution in [0, 0.1) is 11.8 Å². The molecule has 20 heavy (non-hydrogen) atoms. The lowest BCUT2D eigenvalue weighted by Crippen LogP contribution is -2.29. The van der Waals surface area contributed by atoms with E-state index < -0.39 is 0 Å². The van der Waals surface area contributed by atoms with E-state index >= 15 is 0 Å². The standard InChI is InChI=1S/C15H19NO4/c1-16(8-10-19-2)15(18)13-6-7-14(20-3)12(11-13)5-4-9-17/h6-7,11,17H,8-10H2,1-3H3. The number of rotatable bonds is 5. The topological polar surface area (TPSA) is 59.0 Å². The molecule has 5 nitrogen and oxygen atoms in total. The molecule has 1 amide bonds. The van der Waals surface area contributed by atoms with Gasteiger partial charge in [0.25, 0.3) is 5.91 Å². The molecule has 0 heterocycles. The van der Waals surface area contributed by atoms with Gasteiger partial charge in [-0.25, -0.2) is 0 Å². The minimum atomic E-state index is -0.241. The Labute approximate surface area is 119 Å². The Bertz CT molecular complexity index is 516. The lowest BCUT2D eigenvalue weighted by atomic mass is 10.1. The maximum Gasteiger partial charge on any atom is 0.253 e. The normalized spacial score (nSPS) is 9.60. The Kier molecular flexibility index (Phi) is 6.57. The number of ether oxygens (including phenoxy) is 2. The second-order valence-corrected chi connectivity index (χ2v) is 4.09. The van der Waals surface area contributed by atoms with Crippen molar-refractivity contribution in [3.05, 3.63) is 29.3 Å². The van der Waals surface area contributed by atoms with Crippen LogP contribution in [0.2, 0.25) is 0 Å². The van der Waals surface area contributed by atoms with Crippen LogP contribution in [0.5, 0.6) is 5.75 Å². The van der Waals surface area contributed by atoms with Gasteiger partial charge in [-0.3, -0.25) is 4.79 Å². The third-order valence-electron chi connectivity index (χ3n) is 2.73. The second kappa shape index (κ2) is 8.20. The van der Waals surface area contributed by atoms with Crippen LogP contribution in [-0.2, 0) is 4.74 Å². The zero-order valence-electron chi connectivity index (χ0n) is 12.0. The van der Waals surface area contributed by atoms with Crippen LogP contribution < -0.4 is 4.74 Å². The number of methoxy groups -OCH3 is 2. The van der Waals surface area contributed by atoms with E-state index in [4.69, 9.17) is 14.6 Å². The van der Waals surface area contributed by atoms with Gasteiger partial charge in [0.05, 0.1) is 19.3 Å². The summed E-state index contributed by atoms with van der Waals surface area (Å²) < 4.78 is 10.1. The number of benzene rings is 1. The molecule has 5 heteroatoms. The maximum absolute atomic E-state index is 12.2. The highest BCUT2D eigenvalue weighted by Crippen LogP contribution is 2.19. The van der Waals surface area contributed by atoms with Gasteiger partial charge in [0, 0.05) is 26.3 Å². The van der Waals surface area contributed by atoms with Crippen LogP contribution in [0.3, 0.4) is 0 Å². The lowest BCUT2D eigenvalue weighted by Gasteiger charge is -2.17. The smallest absolute Gasteiger partial charge is 0.253 e. The summed E-state index contributed by atoms with van der Waals surface area (Å²) in [5.41, 5.74) is 1.10. The average Bonchev–Trinajstić information content (AvgIpc) is 2.49. The van der Waals surface area contributed by atoms with Crippen LogP contribution in [0.15, 0.2) is 18.2 Å². The molecule has 0 aliphatic heterocycles. The van der Waals surface area contributed by atoms with Gasteiger partial charge >= 0.3 is 0 Å². The number of carbonyl (C=O) groups excluding carboxylic acids is 1. The van der Waals surface area contributed by atoms with Gasteiger partial charge in [0.15, 0.2) is 0 Å². The van der Waals surface area contributed by atoms with Crippen LogP contribution in [-0.4, -0.2) is 56.9 Å². The van der Waals surface area contributed by atoms with Crippen molar-refractivity contribution in [3.63, 3.8) is 0 Å². The van der Waals surface area contributed by atoms with Gasteiger partial charge in [0.1, 0.15) is 12.4 Å². The van der Waals surface area contributed by atoms with Crippen LogP contribution in [0.4, 0.5) is 0 Å². The van der Waals surface area contributed by atoms with Gasteiger partial charge in [-0.2, -0.15) is 0 Å². The predicted molar refractivity (Wildman–Crippen MR) is 75.8 cm³/mol. The van der Waals surface area contributed by atoms with Crippen molar-refractivity contribution in [3.8, 4) is 17.6 Å². The van der Waals surface area contributed by atoms with Crippen molar-refractivity contribution < 1.29 is 19.4 Å². The summed E-state index contributed by atoms with van der Waals surface area (Å²) in [6.07, 6.45) is 0. The molecule has 1 rings (SSSR count). The molecule has 0 saturated carbocycles. The number of amides is 1. The fraction of sp³-hybridized carbons (Fsp3) is 0.400. The molecule has 0 aliphatic carbocycles. The highest BCUT2D eigenvalue weighted by Gasteiger charge is 2.13. The summed E-state index contributed by atoms with van der Waals surface area (Å²) in [6.45, 7) is 0.754. The van der Waals surface area contributed by atoms with Gasteiger partial charge in [-0.1, -0.05) is 11.8 Å². The molecule has 1 N–H and O–H groups in total. The largest absolute Gasteiger partial charge is 0.495 e. The molecule has 0 radical (unpaired) electrons. The first-order valence-electron chi connectivity index (χ1n) is 6.16. The Morgan fingerprint density at radius 2 is 2.15 bits per heavy atom. The van der Waals surface area contributed by atoms with Crippen LogP contribution in [0.25, 0.3) is 0 Å². The Hall–Kier alpha value is -2.03. The minimum absolute atomic E-state index is 0.114. The fourth-order valence-corrected chi connectivity index (χ4v) is 1.62. The summed E-state index contributed by atoms with van der Waals surface area (Å²) in [4.78, 5) is 13.8. The summed E-state index contributed by atoms with van der Waals surface area (Å²) in [7, 11) is 4.84. The lowest BCUT2D eigenvalue weighted by molar-refractivity contribution is 0.0744. The number of likely N-dealkylation sites (N-methyl/N-ethyl adjacent to an activating group) is 1. The molecule has 108 valence electrons. The molecule has 0 bridgehead atoms. The molecular formula is C15H19NO4. The van der Waals surface area contributed by atoms with E-state index in [1.54, 1.807) is 37.3 Å². The van der Waals surface area contributed by atoms with E-state index in [1.165, 1.54) is 7.11 Å². The zero-order chi connectivity index (χ0) is 15.0. The first-order valence-corrected chi connectivity index (χ1v) is 6.16. The number of carbonyl (C=O) groups is 1.